The summed E-state index contributed by atoms with van der Waals surface area (Å²) < 4.78 is 6.29. The van der Waals surface area contributed by atoms with Crippen molar-refractivity contribution in [3.05, 3.63) is 42.7 Å². The smallest absolute Gasteiger partial charge is 0.330 e. The van der Waals surface area contributed by atoms with Gasteiger partial charge in [0.05, 0.1) is 13.3 Å². The molecule has 2 rings (SSSR count). The van der Waals surface area contributed by atoms with E-state index in [-0.39, 0.29) is 5.97 Å². The standard InChI is InChI=1S/C13H14N2O2/c1-10(13(16)17-2)15-9-12(8-14-15)11-6-4-3-5-7-11/h3-10H,1-2H3/t10-/m0/s1. The lowest BCUT2D eigenvalue weighted by atomic mass is 10.1. The second-order valence-corrected chi connectivity index (χ2v) is 3.77. The summed E-state index contributed by atoms with van der Waals surface area (Å²) >= 11 is 0. The molecule has 0 amide bonds. The Labute approximate surface area is 99.8 Å². The Balaban J connectivity index is 2.25. The highest BCUT2D eigenvalue weighted by atomic mass is 16.5. The fraction of sp³-hybridized carbons (Fsp3) is 0.231. The van der Waals surface area contributed by atoms with Crippen molar-refractivity contribution in [2.24, 2.45) is 0 Å². The molecule has 88 valence electrons. The van der Waals surface area contributed by atoms with Gasteiger partial charge in [0.25, 0.3) is 0 Å². The van der Waals surface area contributed by atoms with E-state index in [2.05, 4.69) is 9.84 Å². The van der Waals surface area contributed by atoms with Crippen LogP contribution in [0, 0.1) is 0 Å². The van der Waals surface area contributed by atoms with Crippen LogP contribution in [-0.2, 0) is 9.53 Å². The van der Waals surface area contributed by atoms with Crippen molar-refractivity contribution in [2.75, 3.05) is 7.11 Å². The average molecular weight is 230 g/mol. The second-order valence-electron chi connectivity index (χ2n) is 3.77. The lowest BCUT2D eigenvalue weighted by molar-refractivity contribution is -0.144. The first-order chi connectivity index (χ1) is 8.22. The van der Waals surface area contributed by atoms with Crippen LogP contribution in [0.4, 0.5) is 0 Å². The molecule has 1 aromatic heterocycles. The van der Waals surface area contributed by atoms with Crippen LogP contribution in [0.5, 0.6) is 0 Å². The van der Waals surface area contributed by atoms with Crippen LogP contribution in [0.15, 0.2) is 42.7 Å². The maximum Gasteiger partial charge on any atom is 0.330 e. The van der Waals surface area contributed by atoms with Crippen LogP contribution in [0.3, 0.4) is 0 Å². The molecule has 2 aromatic rings. The van der Waals surface area contributed by atoms with Gasteiger partial charge in [-0.2, -0.15) is 5.10 Å². The maximum atomic E-state index is 11.4. The molecule has 0 aliphatic carbocycles. The van der Waals surface area contributed by atoms with Crippen LogP contribution >= 0.6 is 0 Å². The van der Waals surface area contributed by atoms with Crippen molar-refractivity contribution in [3.63, 3.8) is 0 Å². The number of nitrogens with zero attached hydrogens (tertiary/aromatic N) is 2. The molecule has 1 atom stereocenters. The minimum Gasteiger partial charge on any atom is -0.467 e. The van der Waals surface area contributed by atoms with Gasteiger partial charge >= 0.3 is 5.97 Å². The Hall–Kier alpha value is -2.10. The third-order valence-electron chi connectivity index (χ3n) is 2.65. The zero-order chi connectivity index (χ0) is 12.3. The van der Waals surface area contributed by atoms with Gasteiger partial charge in [-0.15, -0.1) is 0 Å². The minimum atomic E-state index is -0.405. The molecule has 4 nitrogen and oxygen atoms in total. The van der Waals surface area contributed by atoms with E-state index in [1.165, 1.54) is 7.11 Å². The summed E-state index contributed by atoms with van der Waals surface area (Å²) in [6.07, 6.45) is 3.59. The first kappa shape index (κ1) is 11.4. The monoisotopic (exact) mass is 230 g/mol. The van der Waals surface area contributed by atoms with E-state index in [0.717, 1.165) is 11.1 Å². The normalized spacial score (nSPS) is 12.1. The Kier molecular flexibility index (Phi) is 3.23. The highest BCUT2D eigenvalue weighted by Crippen LogP contribution is 2.19. The van der Waals surface area contributed by atoms with Gasteiger partial charge in [0.15, 0.2) is 0 Å². The van der Waals surface area contributed by atoms with E-state index in [1.54, 1.807) is 17.8 Å². The summed E-state index contributed by atoms with van der Waals surface area (Å²) in [6, 6.07) is 9.50. The first-order valence-electron chi connectivity index (χ1n) is 5.40. The second kappa shape index (κ2) is 4.82. The van der Waals surface area contributed by atoms with Gasteiger partial charge in [-0.3, -0.25) is 4.68 Å². The molecule has 0 aliphatic heterocycles. The number of hydrogen-bond acceptors (Lipinski definition) is 3. The number of benzene rings is 1. The zero-order valence-corrected chi connectivity index (χ0v) is 9.83. The Bertz CT molecular complexity index is 505. The van der Waals surface area contributed by atoms with Gasteiger partial charge in [-0.05, 0) is 12.5 Å². The number of rotatable bonds is 3. The quantitative estimate of drug-likeness (QED) is 0.760. The van der Waals surface area contributed by atoms with Crippen molar-refractivity contribution >= 4 is 5.97 Å². The number of carbonyl (C=O) groups excluding carboxylic acids is 1. The summed E-state index contributed by atoms with van der Waals surface area (Å²) in [5.74, 6) is -0.298. The molecule has 4 heteroatoms. The third kappa shape index (κ3) is 2.36. The molecule has 0 saturated heterocycles. The van der Waals surface area contributed by atoms with Crippen molar-refractivity contribution in [3.8, 4) is 11.1 Å². The van der Waals surface area contributed by atoms with E-state index in [9.17, 15) is 4.79 Å². The van der Waals surface area contributed by atoms with Gasteiger partial charge < -0.3 is 4.74 Å². The molecule has 0 radical (unpaired) electrons. The largest absolute Gasteiger partial charge is 0.467 e. The van der Waals surface area contributed by atoms with Crippen LogP contribution in [-0.4, -0.2) is 22.9 Å². The molecule has 0 saturated carbocycles. The number of esters is 1. The number of hydrogen-bond donors (Lipinski definition) is 0. The van der Waals surface area contributed by atoms with Crippen molar-refractivity contribution in [1.29, 1.82) is 0 Å². The Morgan fingerprint density at radius 2 is 2.00 bits per heavy atom. The molecule has 1 aromatic carbocycles. The molecule has 0 N–H and O–H groups in total. The highest BCUT2D eigenvalue weighted by Gasteiger charge is 2.16. The molecule has 0 unspecified atom stereocenters. The summed E-state index contributed by atoms with van der Waals surface area (Å²) in [6.45, 7) is 1.76. The molecule has 1 heterocycles. The number of ether oxygens (including phenoxy) is 1. The fourth-order valence-corrected chi connectivity index (χ4v) is 1.61. The van der Waals surface area contributed by atoms with E-state index in [1.807, 2.05) is 36.5 Å². The van der Waals surface area contributed by atoms with Crippen LogP contribution in [0.2, 0.25) is 0 Å². The molecule has 17 heavy (non-hydrogen) atoms. The van der Waals surface area contributed by atoms with Gasteiger partial charge in [0, 0.05) is 11.8 Å². The highest BCUT2D eigenvalue weighted by molar-refractivity contribution is 5.73. The molecule has 0 spiro atoms. The van der Waals surface area contributed by atoms with Gasteiger partial charge in [0.2, 0.25) is 0 Å². The average Bonchev–Trinajstić information content (AvgIpc) is 2.87. The SMILES string of the molecule is COC(=O)[C@H](C)n1cc(-c2ccccc2)cn1. The Morgan fingerprint density at radius 1 is 1.29 bits per heavy atom. The van der Waals surface area contributed by atoms with Crippen LogP contribution in [0.25, 0.3) is 11.1 Å². The van der Waals surface area contributed by atoms with E-state index < -0.39 is 6.04 Å². The summed E-state index contributed by atoms with van der Waals surface area (Å²) in [5.41, 5.74) is 2.07. The number of carbonyl (C=O) groups is 1. The van der Waals surface area contributed by atoms with Gasteiger partial charge in [-0.25, -0.2) is 4.79 Å². The maximum absolute atomic E-state index is 11.4. The van der Waals surface area contributed by atoms with E-state index in [4.69, 9.17) is 0 Å². The summed E-state index contributed by atoms with van der Waals surface area (Å²) in [4.78, 5) is 11.4. The summed E-state index contributed by atoms with van der Waals surface area (Å²) in [5, 5.41) is 4.18. The lowest BCUT2D eigenvalue weighted by Gasteiger charge is -2.08. The fourth-order valence-electron chi connectivity index (χ4n) is 1.61. The summed E-state index contributed by atoms with van der Waals surface area (Å²) in [7, 11) is 1.38. The van der Waals surface area contributed by atoms with Crippen molar-refractivity contribution < 1.29 is 9.53 Å². The third-order valence-corrected chi connectivity index (χ3v) is 2.65. The molecule has 0 bridgehead atoms. The van der Waals surface area contributed by atoms with Crippen LogP contribution < -0.4 is 0 Å². The van der Waals surface area contributed by atoms with Crippen LogP contribution in [0.1, 0.15) is 13.0 Å². The molecule has 0 aliphatic rings. The van der Waals surface area contributed by atoms with Gasteiger partial charge in [-0.1, -0.05) is 30.3 Å². The number of methoxy groups -OCH3 is 1. The van der Waals surface area contributed by atoms with Crippen molar-refractivity contribution in [1.82, 2.24) is 9.78 Å². The molecular formula is C13H14N2O2. The lowest BCUT2D eigenvalue weighted by Crippen LogP contribution is -2.17. The topological polar surface area (TPSA) is 44.1 Å². The Morgan fingerprint density at radius 3 is 2.65 bits per heavy atom. The first-order valence-corrected chi connectivity index (χ1v) is 5.40. The van der Waals surface area contributed by atoms with Gasteiger partial charge in [0.1, 0.15) is 6.04 Å². The van der Waals surface area contributed by atoms with Crippen molar-refractivity contribution in [2.45, 2.75) is 13.0 Å². The molecule has 0 fully saturated rings. The molecular weight excluding hydrogens is 216 g/mol. The van der Waals surface area contributed by atoms with E-state index >= 15 is 0 Å². The zero-order valence-electron chi connectivity index (χ0n) is 9.83. The van der Waals surface area contributed by atoms with E-state index in [0.29, 0.717) is 0 Å². The predicted molar refractivity (Wildman–Crippen MR) is 64.4 cm³/mol. The number of aromatic nitrogens is 2. The predicted octanol–water partition coefficient (Wildman–Crippen LogP) is 2.28. The minimum absolute atomic E-state index is 0.298.